The van der Waals surface area contributed by atoms with Crippen molar-refractivity contribution < 1.29 is 32.6 Å². The lowest BCUT2D eigenvalue weighted by Gasteiger charge is -2.32. The van der Waals surface area contributed by atoms with E-state index in [0.717, 1.165) is 25.5 Å². The van der Waals surface area contributed by atoms with Crippen LogP contribution in [-0.4, -0.2) is 54.3 Å². The highest BCUT2D eigenvalue weighted by molar-refractivity contribution is 6.31. The van der Waals surface area contributed by atoms with Gasteiger partial charge in [-0.2, -0.15) is 8.78 Å². The number of carbonyl (C=O) groups excluding carboxylic acids is 1. The monoisotopic (exact) mass is 520 g/mol. The molecule has 36 heavy (non-hydrogen) atoms. The summed E-state index contributed by atoms with van der Waals surface area (Å²) in [4.78, 5) is 15.0. The van der Waals surface area contributed by atoms with Gasteiger partial charge in [-0.1, -0.05) is 17.7 Å². The van der Waals surface area contributed by atoms with Crippen molar-refractivity contribution in [1.82, 2.24) is 10.2 Å². The van der Waals surface area contributed by atoms with Crippen molar-refractivity contribution in [1.29, 1.82) is 0 Å². The van der Waals surface area contributed by atoms with Gasteiger partial charge in [0, 0.05) is 23.0 Å². The van der Waals surface area contributed by atoms with Crippen molar-refractivity contribution >= 4 is 28.5 Å². The summed E-state index contributed by atoms with van der Waals surface area (Å²) in [6.07, 6.45) is 0.654. The van der Waals surface area contributed by atoms with E-state index in [1.54, 1.807) is 18.2 Å². The van der Waals surface area contributed by atoms with Gasteiger partial charge in [-0.3, -0.25) is 9.69 Å². The molecular formula is C26H27ClF2N2O5. The summed E-state index contributed by atoms with van der Waals surface area (Å²) >= 11 is 5.95. The number of halogens is 3. The standard InChI is InChI=1S/C26H27ClF2N2O5/c1-15-3-2-8-31(15)14-19(24(32)16-4-6-21-22(12-16)35-10-9-34-21)30-25(33)26(28,29)23-13-17-11-18(27)5-7-20(17)36-23/h4-7,11-13,15,19,24,32H,2-3,8-10,14H2,1H3,(H,30,33)/t15?,19-,24-/m1/s1. The van der Waals surface area contributed by atoms with E-state index in [2.05, 4.69) is 10.2 Å². The number of amides is 1. The van der Waals surface area contributed by atoms with Gasteiger partial charge in [-0.25, -0.2) is 0 Å². The molecule has 0 bridgehead atoms. The highest BCUT2D eigenvalue weighted by atomic mass is 35.5. The molecule has 1 amide bonds. The topological polar surface area (TPSA) is 84.2 Å². The van der Waals surface area contributed by atoms with Crippen LogP contribution in [-0.2, 0) is 10.7 Å². The summed E-state index contributed by atoms with van der Waals surface area (Å²) in [6, 6.07) is 9.71. The molecule has 2 aliphatic heterocycles. The van der Waals surface area contributed by atoms with E-state index in [4.69, 9.17) is 25.5 Å². The van der Waals surface area contributed by atoms with E-state index >= 15 is 8.78 Å². The summed E-state index contributed by atoms with van der Waals surface area (Å²) in [5, 5.41) is 14.4. The summed E-state index contributed by atoms with van der Waals surface area (Å²) in [5.41, 5.74) is 0.624. The van der Waals surface area contributed by atoms with E-state index < -0.39 is 29.7 Å². The molecule has 0 aliphatic carbocycles. The molecule has 3 aromatic rings. The van der Waals surface area contributed by atoms with Gasteiger partial charge in [0.25, 0.3) is 5.91 Å². The highest BCUT2D eigenvalue weighted by Gasteiger charge is 2.46. The molecule has 192 valence electrons. The number of alkyl halides is 2. The van der Waals surface area contributed by atoms with Crippen molar-refractivity contribution in [2.24, 2.45) is 0 Å². The second kappa shape index (κ2) is 9.88. The van der Waals surface area contributed by atoms with Gasteiger partial charge in [0.15, 0.2) is 17.3 Å². The molecule has 1 unspecified atom stereocenters. The minimum Gasteiger partial charge on any atom is -0.486 e. The Bertz CT molecular complexity index is 1270. The average Bonchev–Trinajstić information content (AvgIpc) is 3.48. The highest BCUT2D eigenvalue weighted by Crippen LogP contribution is 2.36. The number of fused-ring (bicyclic) bond motifs is 2. The van der Waals surface area contributed by atoms with E-state index in [1.807, 2.05) is 6.92 Å². The van der Waals surface area contributed by atoms with E-state index in [0.29, 0.717) is 40.7 Å². The lowest BCUT2D eigenvalue weighted by atomic mass is 10.00. The molecule has 7 nitrogen and oxygen atoms in total. The molecule has 10 heteroatoms. The molecule has 1 aromatic heterocycles. The van der Waals surface area contributed by atoms with Crippen molar-refractivity contribution in [3.05, 3.63) is 58.8 Å². The number of carbonyl (C=O) groups is 1. The van der Waals surface area contributed by atoms with Gasteiger partial charge < -0.3 is 24.3 Å². The van der Waals surface area contributed by atoms with E-state index in [1.165, 1.54) is 18.2 Å². The number of likely N-dealkylation sites (tertiary alicyclic amines) is 1. The Hall–Kier alpha value is -2.88. The molecular weight excluding hydrogens is 494 g/mol. The number of aliphatic hydroxyl groups is 1. The first kappa shape index (κ1) is 24.8. The molecule has 1 saturated heterocycles. The number of hydrogen-bond donors (Lipinski definition) is 2. The predicted octanol–water partition coefficient (Wildman–Crippen LogP) is 4.65. The molecule has 2 aromatic carbocycles. The van der Waals surface area contributed by atoms with Gasteiger partial charge in [0.1, 0.15) is 24.9 Å². The number of nitrogens with zero attached hydrogens (tertiary/aromatic N) is 1. The smallest absolute Gasteiger partial charge is 0.380 e. The molecule has 2 aliphatic rings. The molecule has 3 heterocycles. The fourth-order valence-electron chi connectivity index (χ4n) is 4.76. The quantitative estimate of drug-likeness (QED) is 0.472. The zero-order valence-electron chi connectivity index (χ0n) is 19.7. The summed E-state index contributed by atoms with van der Waals surface area (Å²) in [6.45, 7) is 3.78. The average molecular weight is 521 g/mol. The summed E-state index contributed by atoms with van der Waals surface area (Å²) in [7, 11) is 0. The lowest BCUT2D eigenvalue weighted by Crippen LogP contribution is -2.51. The first-order chi connectivity index (χ1) is 17.2. The number of ether oxygens (including phenoxy) is 2. The van der Waals surface area contributed by atoms with Crippen LogP contribution >= 0.6 is 11.6 Å². The maximum absolute atomic E-state index is 15.3. The fraction of sp³-hybridized carbons (Fsp3) is 0.423. The third-order valence-corrected chi connectivity index (χ3v) is 7.04. The first-order valence-electron chi connectivity index (χ1n) is 11.9. The Morgan fingerprint density at radius 2 is 1.97 bits per heavy atom. The Kier molecular flexibility index (Phi) is 6.80. The van der Waals surface area contributed by atoms with Crippen LogP contribution < -0.4 is 14.8 Å². The molecule has 2 N–H and O–H groups in total. The molecule has 0 saturated carbocycles. The number of rotatable bonds is 7. The SMILES string of the molecule is CC1CCCN1C[C@@H](NC(=O)C(F)(F)c1cc2cc(Cl)ccc2o1)[C@H](O)c1ccc2c(c1)OCCO2. The van der Waals surface area contributed by atoms with Crippen LogP contribution in [0.1, 0.15) is 37.2 Å². The minimum absolute atomic E-state index is 0.195. The fourth-order valence-corrected chi connectivity index (χ4v) is 4.94. The molecule has 3 atom stereocenters. The Morgan fingerprint density at radius 3 is 2.72 bits per heavy atom. The minimum atomic E-state index is -3.97. The van der Waals surface area contributed by atoms with Crippen molar-refractivity contribution in [2.75, 3.05) is 26.3 Å². The van der Waals surface area contributed by atoms with Gasteiger partial charge in [0.05, 0.1) is 6.04 Å². The Balaban J connectivity index is 1.40. The normalized spacial score (nSPS) is 19.9. The zero-order valence-corrected chi connectivity index (χ0v) is 20.4. The second-order valence-electron chi connectivity index (χ2n) is 9.28. The zero-order chi connectivity index (χ0) is 25.4. The number of aliphatic hydroxyl groups excluding tert-OH is 1. The predicted molar refractivity (Wildman–Crippen MR) is 130 cm³/mol. The van der Waals surface area contributed by atoms with Crippen LogP contribution in [0, 0.1) is 0 Å². The number of hydrogen-bond acceptors (Lipinski definition) is 6. The third-order valence-electron chi connectivity index (χ3n) is 6.80. The Labute approximate surface area is 211 Å². The molecule has 1 fully saturated rings. The van der Waals surface area contributed by atoms with Crippen LogP contribution in [0.25, 0.3) is 11.0 Å². The van der Waals surface area contributed by atoms with Crippen LogP contribution in [0.3, 0.4) is 0 Å². The first-order valence-corrected chi connectivity index (χ1v) is 12.3. The van der Waals surface area contributed by atoms with E-state index in [9.17, 15) is 9.90 Å². The number of furan rings is 1. The maximum Gasteiger partial charge on any atom is 0.380 e. The number of benzene rings is 2. The molecule has 0 radical (unpaired) electrons. The number of nitrogens with one attached hydrogen (secondary N) is 1. The van der Waals surface area contributed by atoms with Crippen molar-refractivity contribution in [3.8, 4) is 11.5 Å². The largest absolute Gasteiger partial charge is 0.486 e. The second-order valence-corrected chi connectivity index (χ2v) is 9.72. The van der Waals surface area contributed by atoms with Crippen LogP contribution in [0.2, 0.25) is 5.02 Å². The van der Waals surface area contributed by atoms with Crippen LogP contribution in [0.5, 0.6) is 11.5 Å². The van der Waals surface area contributed by atoms with Gasteiger partial charge in [0.2, 0.25) is 0 Å². The van der Waals surface area contributed by atoms with Gasteiger partial charge in [-0.15, -0.1) is 0 Å². The van der Waals surface area contributed by atoms with E-state index in [-0.39, 0.29) is 18.2 Å². The molecule has 0 spiro atoms. The van der Waals surface area contributed by atoms with Gasteiger partial charge in [-0.05, 0) is 68.3 Å². The maximum atomic E-state index is 15.3. The molecule has 5 rings (SSSR count). The van der Waals surface area contributed by atoms with Crippen molar-refractivity contribution in [3.63, 3.8) is 0 Å². The summed E-state index contributed by atoms with van der Waals surface area (Å²) < 4.78 is 46.9. The van der Waals surface area contributed by atoms with Crippen LogP contribution in [0.4, 0.5) is 8.78 Å². The summed E-state index contributed by atoms with van der Waals surface area (Å²) in [5.74, 6) is -5.31. The third kappa shape index (κ3) is 4.87. The van der Waals surface area contributed by atoms with Crippen molar-refractivity contribution in [2.45, 2.75) is 43.9 Å². The van der Waals surface area contributed by atoms with Gasteiger partial charge >= 0.3 is 5.92 Å². The Morgan fingerprint density at radius 1 is 1.19 bits per heavy atom. The lowest BCUT2D eigenvalue weighted by molar-refractivity contribution is -0.151. The van der Waals surface area contributed by atoms with Crippen LogP contribution in [0.15, 0.2) is 46.9 Å².